The number of carbonyl (C=O) groups is 3. The van der Waals surface area contributed by atoms with Crippen molar-refractivity contribution in [3.05, 3.63) is 0 Å². The highest BCUT2D eigenvalue weighted by atomic mass is 16.4. The standard InChI is InChI=1S/C13H25NO4.C6H14N4O2/c1-3-4-5-6-7-8-9-11(13(17)18)14-10(2)12(15)16;7-4(5(11)12)2-1-3-10-6(8)9/h10-11,14H,3-9H2,1-2H3,(H,15,16)(H,17,18);4H,1-3,7H2,(H,11,12)(H4,8,9,10)/t10-,11?;4-/m10/s1. The fraction of sp³-hybridized carbons (Fsp3) is 0.789. The Balaban J connectivity index is 0. The third kappa shape index (κ3) is 18.9. The van der Waals surface area contributed by atoms with Gasteiger partial charge in [0, 0.05) is 6.54 Å². The van der Waals surface area contributed by atoms with Crippen molar-refractivity contribution in [3.8, 4) is 0 Å². The smallest absolute Gasteiger partial charge is 0.320 e. The average Bonchev–Trinajstić information content (AvgIpc) is 2.66. The van der Waals surface area contributed by atoms with Crippen LogP contribution in [-0.4, -0.2) is 63.9 Å². The Morgan fingerprint density at radius 1 is 0.900 bits per heavy atom. The number of rotatable bonds is 16. The Kier molecular flexibility index (Phi) is 18.5. The molecule has 11 heteroatoms. The van der Waals surface area contributed by atoms with Crippen LogP contribution in [0.2, 0.25) is 0 Å². The van der Waals surface area contributed by atoms with Gasteiger partial charge in [-0.3, -0.25) is 25.1 Å². The minimum absolute atomic E-state index is 0.112. The maximum absolute atomic E-state index is 11.0. The van der Waals surface area contributed by atoms with Gasteiger partial charge in [-0.2, -0.15) is 0 Å². The van der Waals surface area contributed by atoms with Crippen LogP contribution in [0, 0.1) is 5.41 Å². The van der Waals surface area contributed by atoms with Crippen LogP contribution >= 0.6 is 0 Å². The Bertz CT molecular complexity index is 518. The van der Waals surface area contributed by atoms with Gasteiger partial charge in [0.1, 0.15) is 18.1 Å². The third-order valence-corrected chi connectivity index (χ3v) is 4.29. The van der Waals surface area contributed by atoms with Crippen LogP contribution in [0.15, 0.2) is 0 Å². The Morgan fingerprint density at radius 2 is 1.47 bits per heavy atom. The lowest BCUT2D eigenvalue weighted by molar-refractivity contribution is -0.142. The lowest BCUT2D eigenvalue weighted by atomic mass is 10.1. The first-order valence-electron chi connectivity index (χ1n) is 10.3. The summed E-state index contributed by atoms with van der Waals surface area (Å²) in [5.74, 6) is -3.11. The second-order valence-corrected chi connectivity index (χ2v) is 7.10. The van der Waals surface area contributed by atoms with Crippen LogP contribution < -0.4 is 22.1 Å². The summed E-state index contributed by atoms with van der Waals surface area (Å²) in [6.45, 7) is 4.09. The van der Waals surface area contributed by atoms with E-state index in [0.29, 0.717) is 25.8 Å². The molecule has 0 saturated carbocycles. The van der Waals surface area contributed by atoms with E-state index in [1.54, 1.807) is 0 Å². The molecule has 11 nitrogen and oxygen atoms in total. The molecule has 0 bridgehead atoms. The Morgan fingerprint density at radius 3 is 1.93 bits per heavy atom. The number of guanidine groups is 1. The summed E-state index contributed by atoms with van der Waals surface area (Å²) in [5, 5.41) is 38.0. The van der Waals surface area contributed by atoms with Crippen molar-refractivity contribution in [2.75, 3.05) is 6.54 Å². The van der Waals surface area contributed by atoms with E-state index in [9.17, 15) is 14.4 Å². The first-order chi connectivity index (χ1) is 14.0. The molecule has 0 amide bonds. The lowest BCUT2D eigenvalue weighted by Crippen LogP contribution is -2.45. The van der Waals surface area contributed by atoms with Gasteiger partial charge < -0.3 is 32.1 Å². The molecular weight excluding hydrogens is 394 g/mol. The largest absolute Gasteiger partial charge is 0.480 e. The van der Waals surface area contributed by atoms with Crippen molar-refractivity contribution >= 4 is 23.9 Å². The van der Waals surface area contributed by atoms with E-state index in [1.807, 2.05) is 0 Å². The maximum Gasteiger partial charge on any atom is 0.320 e. The van der Waals surface area contributed by atoms with Gasteiger partial charge in [0.05, 0.1) is 0 Å². The maximum atomic E-state index is 11.0. The van der Waals surface area contributed by atoms with E-state index in [-0.39, 0.29) is 5.96 Å². The number of carboxylic acid groups (broad SMARTS) is 3. The summed E-state index contributed by atoms with van der Waals surface area (Å²) in [7, 11) is 0. The second kappa shape index (κ2) is 18.6. The van der Waals surface area contributed by atoms with E-state index in [0.717, 1.165) is 19.3 Å². The first kappa shape index (κ1) is 29.8. The molecule has 0 aromatic rings. The molecule has 0 aliphatic rings. The normalized spacial score (nSPS) is 13.3. The zero-order valence-electron chi connectivity index (χ0n) is 18.0. The molecule has 0 radical (unpaired) electrons. The molecule has 1 unspecified atom stereocenters. The van der Waals surface area contributed by atoms with Crippen LogP contribution in [0.4, 0.5) is 0 Å². The van der Waals surface area contributed by atoms with Gasteiger partial charge in [0.2, 0.25) is 0 Å². The average molecular weight is 434 g/mol. The molecule has 0 saturated heterocycles. The van der Waals surface area contributed by atoms with Gasteiger partial charge in [-0.15, -0.1) is 0 Å². The zero-order valence-corrected chi connectivity index (χ0v) is 18.0. The molecule has 0 aliphatic carbocycles. The number of aliphatic carboxylic acids is 3. The van der Waals surface area contributed by atoms with Gasteiger partial charge >= 0.3 is 17.9 Å². The van der Waals surface area contributed by atoms with Gasteiger partial charge in [0.15, 0.2) is 5.96 Å². The van der Waals surface area contributed by atoms with Gasteiger partial charge in [-0.25, -0.2) is 0 Å². The SMILES string of the molecule is CCCCCCCCC(N[C@H](C)C(=O)O)C(=O)O.N=C(N)NCCC[C@H](N)C(=O)O. The van der Waals surface area contributed by atoms with Crippen LogP contribution in [0.25, 0.3) is 0 Å². The van der Waals surface area contributed by atoms with Gasteiger partial charge in [-0.05, 0) is 26.2 Å². The molecule has 176 valence electrons. The van der Waals surface area contributed by atoms with E-state index in [2.05, 4.69) is 17.6 Å². The molecule has 0 heterocycles. The van der Waals surface area contributed by atoms with Gasteiger partial charge in [-0.1, -0.05) is 45.4 Å². The summed E-state index contributed by atoms with van der Waals surface area (Å²) in [4.78, 5) is 31.8. The number of hydrogen-bond acceptors (Lipinski definition) is 6. The van der Waals surface area contributed by atoms with E-state index < -0.39 is 36.0 Å². The summed E-state index contributed by atoms with van der Waals surface area (Å²) >= 11 is 0. The highest BCUT2D eigenvalue weighted by molar-refractivity contribution is 5.77. The van der Waals surface area contributed by atoms with Crippen molar-refractivity contribution in [2.45, 2.75) is 89.8 Å². The predicted octanol–water partition coefficient (Wildman–Crippen LogP) is 0.914. The van der Waals surface area contributed by atoms with Crippen LogP contribution in [0.1, 0.15) is 71.6 Å². The minimum Gasteiger partial charge on any atom is -0.480 e. The van der Waals surface area contributed by atoms with Crippen molar-refractivity contribution in [2.24, 2.45) is 11.5 Å². The fourth-order valence-electron chi connectivity index (χ4n) is 2.45. The van der Waals surface area contributed by atoms with Crippen molar-refractivity contribution < 1.29 is 29.7 Å². The molecule has 3 atom stereocenters. The molecule has 0 rings (SSSR count). The second-order valence-electron chi connectivity index (χ2n) is 7.10. The monoisotopic (exact) mass is 433 g/mol. The first-order valence-corrected chi connectivity index (χ1v) is 10.3. The third-order valence-electron chi connectivity index (χ3n) is 4.29. The Hall–Kier alpha value is -2.40. The van der Waals surface area contributed by atoms with Crippen LogP contribution in [0.5, 0.6) is 0 Å². The minimum atomic E-state index is -1.02. The van der Waals surface area contributed by atoms with E-state index in [1.165, 1.54) is 26.2 Å². The van der Waals surface area contributed by atoms with Crippen LogP contribution in [0.3, 0.4) is 0 Å². The Labute approximate surface area is 178 Å². The molecule has 0 spiro atoms. The molecule has 0 aromatic carbocycles. The number of carboxylic acids is 3. The van der Waals surface area contributed by atoms with E-state index in [4.69, 9.17) is 32.2 Å². The van der Waals surface area contributed by atoms with E-state index >= 15 is 0 Å². The summed E-state index contributed by atoms with van der Waals surface area (Å²) in [6, 6.07) is -2.41. The summed E-state index contributed by atoms with van der Waals surface area (Å²) in [6.07, 6.45) is 8.00. The lowest BCUT2D eigenvalue weighted by Gasteiger charge is -2.17. The van der Waals surface area contributed by atoms with Gasteiger partial charge in [0.25, 0.3) is 0 Å². The summed E-state index contributed by atoms with van der Waals surface area (Å²) < 4.78 is 0. The van der Waals surface area contributed by atoms with Crippen molar-refractivity contribution in [1.29, 1.82) is 5.41 Å². The quantitative estimate of drug-likeness (QED) is 0.0978. The molecule has 10 N–H and O–H groups in total. The van der Waals surface area contributed by atoms with Crippen molar-refractivity contribution in [3.63, 3.8) is 0 Å². The highest BCUT2D eigenvalue weighted by Crippen LogP contribution is 2.09. The molecule has 0 aromatic heterocycles. The highest BCUT2D eigenvalue weighted by Gasteiger charge is 2.22. The number of hydrogen-bond donors (Lipinski definition) is 8. The topological polar surface area (TPSA) is 212 Å². The fourth-order valence-corrected chi connectivity index (χ4v) is 2.45. The molecule has 30 heavy (non-hydrogen) atoms. The zero-order chi connectivity index (χ0) is 23.5. The van der Waals surface area contributed by atoms with Crippen LogP contribution in [-0.2, 0) is 14.4 Å². The number of nitrogens with two attached hydrogens (primary N) is 2. The number of unbranched alkanes of at least 4 members (excludes halogenated alkanes) is 5. The molecular formula is C19H39N5O6. The van der Waals surface area contributed by atoms with Crippen molar-refractivity contribution in [1.82, 2.24) is 10.6 Å². The number of nitrogens with one attached hydrogen (secondary N) is 3. The predicted molar refractivity (Wildman–Crippen MR) is 114 cm³/mol. The molecule has 0 fully saturated rings. The summed E-state index contributed by atoms with van der Waals surface area (Å²) in [5.41, 5.74) is 10.2. The molecule has 0 aliphatic heterocycles.